The molecule has 10 amide bonds. The largest absolute Gasteiger partial charge is 0.481 e. The number of rotatable bonds is 59. The van der Waals surface area contributed by atoms with Crippen molar-refractivity contribution in [3.63, 3.8) is 0 Å². The first-order valence-corrected chi connectivity index (χ1v) is 35.6. The van der Waals surface area contributed by atoms with E-state index in [0.29, 0.717) is 0 Å². The number of carbonyl (C=O) groups is 12. The van der Waals surface area contributed by atoms with Crippen LogP contribution in [0.4, 0.5) is 0 Å². The van der Waals surface area contributed by atoms with E-state index in [9.17, 15) is 62.6 Å². The highest BCUT2D eigenvalue weighted by atomic mass is 16.4. The summed E-state index contributed by atoms with van der Waals surface area (Å²) in [4.78, 5) is 166. The van der Waals surface area contributed by atoms with Crippen molar-refractivity contribution in [3.8, 4) is 0 Å². The smallest absolute Gasteiger partial charge is 0.326 e. The Labute approximate surface area is 645 Å². The normalized spacial score (nSPS) is 13.3. The topological polar surface area (TPSA) is 949 Å². The molecule has 0 heterocycles. The van der Waals surface area contributed by atoms with Crippen LogP contribution < -0.4 is 158 Å². The second kappa shape index (κ2) is 56.3. The minimum absolute atomic E-state index is 0.000735. The van der Waals surface area contributed by atoms with Gasteiger partial charge < -0.3 is 169 Å². The maximum absolute atomic E-state index is 14.9. The second-order valence-corrected chi connectivity index (χ2v) is 25.2. The number of hydrogen-bond acceptors (Lipinski definition) is 22. The molecule has 0 fully saturated rings. The van der Waals surface area contributed by atoms with Crippen molar-refractivity contribution in [1.82, 2.24) is 101 Å². The highest BCUT2D eigenvalue weighted by Crippen LogP contribution is 2.12. The Bertz CT molecular complexity index is 3200. The first kappa shape index (κ1) is 99.0. The molecule has 0 aromatic carbocycles. The van der Waals surface area contributed by atoms with Crippen molar-refractivity contribution in [2.45, 2.75) is 182 Å². The van der Waals surface area contributed by atoms with E-state index in [0.717, 1.165) is 0 Å². The summed E-state index contributed by atoms with van der Waals surface area (Å²) < 4.78 is 0. The van der Waals surface area contributed by atoms with Crippen LogP contribution in [0.3, 0.4) is 0 Å². The zero-order chi connectivity index (χ0) is 84.8. The zero-order valence-corrected chi connectivity index (χ0v) is 62.3. The second-order valence-electron chi connectivity index (χ2n) is 25.2. The van der Waals surface area contributed by atoms with Gasteiger partial charge in [0, 0.05) is 58.9 Å². The van der Waals surface area contributed by atoms with Gasteiger partial charge in [0.1, 0.15) is 54.4 Å². The molecule has 112 heavy (non-hydrogen) atoms. The number of carboxylic acid groups (broad SMARTS) is 2. The van der Waals surface area contributed by atoms with Crippen LogP contribution in [0.15, 0.2) is 0 Å². The van der Waals surface area contributed by atoms with Gasteiger partial charge >= 0.3 is 11.9 Å². The average Bonchev–Trinajstić information content (AvgIpc) is 0.860. The third kappa shape index (κ3) is 49.1. The molecule has 0 aliphatic rings. The van der Waals surface area contributed by atoms with E-state index in [1.165, 1.54) is 0 Å². The lowest BCUT2D eigenvalue weighted by Gasteiger charge is -2.28. The Morgan fingerprint density at radius 3 is 0.598 bits per heavy atom. The van der Waals surface area contributed by atoms with Gasteiger partial charge in [-0.1, -0.05) is 0 Å². The molecule has 0 bridgehead atoms. The van der Waals surface area contributed by atoms with Crippen LogP contribution in [0.5, 0.6) is 0 Å². The fraction of sp³-hybridized carbons (Fsp3) is 0.650. The molecule has 0 saturated carbocycles. The lowest BCUT2D eigenvalue weighted by atomic mass is 10.0. The molecule has 10 atom stereocenters. The quantitative estimate of drug-likeness (QED) is 0.0153. The monoisotopic (exact) mass is 1590 g/mol. The minimum atomic E-state index is -1.89. The summed E-state index contributed by atoms with van der Waals surface area (Å²) in [7, 11) is 0. The van der Waals surface area contributed by atoms with Gasteiger partial charge in [-0.15, -0.1) is 0 Å². The Hall–Kier alpha value is -13.0. The fourth-order valence-corrected chi connectivity index (χ4v) is 10.2. The Morgan fingerprint density at radius 1 is 0.241 bits per heavy atom. The van der Waals surface area contributed by atoms with Crippen molar-refractivity contribution >= 4 is 125 Å². The minimum Gasteiger partial charge on any atom is -0.481 e. The molecule has 0 unspecified atom stereocenters. The molecule has 0 aromatic heterocycles. The molecule has 52 heteroatoms. The lowest BCUT2D eigenvalue weighted by Crippen LogP contribution is -2.60. The van der Waals surface area contributed by atoms with E-state index in [4.69, 9.17) is 111 Å². The molecule has 632 valence electrons. The third-order valence-corrected chi connectivity index (χ3v) is 15.7. The van der Waals surface area contributed by atoms with E-state index < -0.39 is 186 Å². The molecular formula is C60H118N38O14. The van der Waals surface area contributed by atoms with Crippen LogP contribution in [0.2, 0.25) is 0 Å². The van der Waals surface area contributed by atoms with Gasteiger partial charge in [0.2, 0.25) is 59.1 Å². The molecule has 52 nitrogen and oxygen atoms in total. The molecule has 50 N–H and O–H groups in total. The number of nitrogens with one attached hydrogen (secondary N) is 28. The fourth-order valence-electron chi connectivity index (χ4n) is 10.2. The number of guanidine groups is 9. The van der Waals surface area contributed by atoms with E-state index in [2.05, 4.69) is 95.7 Å². The number of hydrogen-bond donors (Lipinski definition) is 40. The summed E-state index contributed by atoms with van der Waals surface area (Å²) in [6, 6.07) is -15.6. The van der Waals surface area contributed by atoms with Gasteiger partial charge in [-0.05, 0) is 116 Å². The summed E-state index contributed by atoms with van der Waals surface area (Å²) >= 11 is 0. The van der Waals surface area contributed by atoms with E-state index in [1.807, 2.05) is 5.32 Å². The van der Waals surface area contributed by atoms with Crippen molar-refractivity contribution in [2.75, 3.05) is 65.4 Å². The number of aliphatic carboxylic acids is 2. The summed E-state index contributed by atoms with van der Waals surface area (Å²) in [5, 5.41) is 135. The SMILES string of the molecule is N=C(N)NCCC[C@H](NC(=O)[C@H](CCCNC(=N)N)NC(=O)[C@H](CCCNC(=N)N)NC(=O)[C@H](CCCNC(=N)N)NC(=O)[C@H](CCCNC(=N)N)NC(=O)[C@H](CCCNC(=N)N)NC(=O)[C@H](CCCNC(=N)N)NC(=O)[C@H](CCCNC(=N)N)NC(=O)[C@@H](N)CCCNC(=N)N)C(=O)NCC(=O)N[C@@H](CC(=O)O)C(=O)O. The van der Waals surface area contributed by atoms with Gasteiger partial charge in [0.05, 0.1) is 19.0 Å². The predicted molar refractivity (Wildman–Crippen MR) is 411 cm³/mol. The van der Waals surface area contributed by atoms with Gasteiger partial charge in [0.25, 0.3) is 0 Å². The standard InChI is InChI=1S/C60H118N38O14/c61-30(10-1-19-80-52(62)63)42(102)91-32(12-3-21-82-54(66)67)44(104)93-34(14-5-23-84-56(70)71)46(106)95-36(16-7-25-86-58(74)75)48(108)97-38(18-9-27-88-60(78)79)50(110)98-37(17-8-26-87-59(76)77)49(109)96-35(15-6-24-85-57(72)73)47(107)94-33(13-4-22-83-55(68)69)45(105)92-31(11-2-20-81-53(64)65)43(103)89-29-40(99)90-39(51(111)112)28-41(100)101/h30-39H,1-29,61H2,(H,89,103)(H,90,99)(H,91,102)(H,92,105)(H,93,104)(H,94,107)(H,95,106)(H,96,109)(H,97,108)(H,98,110)(H,100,101)(H,111,112)(H4,62,63,80)(H4,64,65,81)(H4,66,67,82)(H4,68,69,83)(H4,70,71,84)(H4,72,73,85)(H4,74,75,86)(H4,76,77,87)(H4,78,79,88)/t30-,31-,32-,33-,34-,35-,36-,37-,38-,39-/m0/s1. The van der Waals surface area contributed by atoms with Gasteiger partial charge in [0.15, 0.2) is 53.6 Å². The predicted octanol–water partition coefficient (Wildman–Crippen LogP) is -13.3. The molecule has 0 aliphatic carbocycles. The number of carboxylic acids is 2. The van der Waals surface area contributed by atoms with Crippen LogP contribution in [0.1, 0.15) is 122 Å². The summed E-state index contributed by atoms with van der Waals surface area (Å²) in [5.41, 5.74) is 55.6. The Balaban J connectivity index is 7.88. The first-order chi connectivity index (χ1) is 52.7. The number of amides is 10. The van der Waals surface area contributed by atoms with Crippen molar-refractivity contribution in [3.05, 3.63) is 0 Å². The number of carbonyl (C=O) groups excluding carboxylic acids is 10. The number of nitrogens with two attached hydrogens (primary N) is 10. The maximum atomic E-state index is 14.9. The molecular weight excluding hydrogens is 1480 g/mol. The molecule has 0 aliphatic heterocycles. The van der Waals surface area contributed by atoms with Crippen molar-refractivity contribution in [1.29, 1.82) is 48.7 Å². The summed E-state index contributed by atoms with van der Waals surface area (Å²) in [6.45, 7) is -0.973. The average molecular weight is 1600 g/mol. The van der Waals surface area contributed by atoms with Gasteiger partial charge in [-0.2, -0.15) is 0 Å². The van der Waals surface area contributed by atoms with Crippen LogP contribution in [0, 0.1) is 48.7 Å². The van der Waals surface area contributed by atoms with Crippen LogP contribution in [-0.2, 0) is 57.5 Å². The van der Waals surface area contributed by atoms with E-state index in [-0.39, 0.29) is 186 Å². The van der Waals surface area contributed by atoms with E-state index >= 15 is 0 Å². The Morgan fingerprint density at radius 2 is 0.420 bits per heavy atom. The third-order valence-electron chi connectivity index (χ3n) is 15.7. The molecule has 0 saturated heterocycles. The lowest BCUT2D eigenvalue weighted by molar-refractivity contribution is -0.147. The summed E-state index contributed by atoms with van der Waals surface area (Å²) in [5.74, 6) is -17.2. The molecule has 0 rings (SSSR count). The zero-order valence-electron chi connectivity index (χ0n) is 62.3. The van der Waals surface area contributed by atoms with Crippen molar-refractivity contribution in [2.24, 2.45) is 57.3 Å². The van der Waals surface area contributed by atoms with Crippen LogP contribution >= 0.6 is 0 Å². The molecule has 0 aromatic rings. The maximum Gasteiger partial charge on any atom is 0.326 e. The molecule has 0 spiro atoms. The summed E-state index contributed by atoms with van der Waals surface area (Å²) in [6.07, 6.45) is -2.46. The first-order valence-electron chi connectivity index (χ1n) is 35.6. The van der Waals surface area contributed by atoms with Gasteiger partial charge in [-0.3, -0.25) is 101 Å². The van der Waals surface area contributed by atoms with E-state index in [1.54, 1.807) is 0 Å². The highest BCUT2D eigenvalue weighted by molar-refractivity contribution is 5.99. The van der Waals surface area contributed by atoms with Crippen LogP contribution in [0.25, 0.3) is 0 Å². The van der Waals surface area contributed by atoms with Crippen LogP contribution in [-0.4, -0.2) is 261 Å². The van der Waals surface area contributed by atoms with Crippen molar-refractivity contribution < 1.29 is 67.7 Å². The Kier molecular flexibility index (Phi) is 49.8. The van der Waals surface area contributed by atoms with Gasteiger partial charge in [-0.25, -0.2) is 4.79 Å². The highest BCUT2D eigenvalue weighted by Gasteiger charge is 2.36. The molecule has 0 radical (unpaired) electrons.